The largest absolute Gasteiger partial charge is 0.464 e. The second kappa shape index (κ2) is 11.7. The van der Waals surface area contributed by atoms with Crippen LogP contribution in [-0.2, 0) is 23.9 Å². The fourth-order valence-electron chi connectivity index (χ4n) is 2.29. The average Bonchev–Trinajstić information content (AvgIpc) is 2.49. The highest BCUT2D eigenvalue weighted by Gasteiger charge is 2.49. The van der Waals surface area contributed by atoms with Gasteiger partial charge < -0.3 is 14.8 Å². The standard InChI is InChI=1S/C17H29NO5/c1-5-8-9-10-11-12-13-17(18-14(4)19,15(20)22-6-2)16(21)23-7-3/h5H,1,6-13H2,2-4H3,(H,18,19). The predicted octanol–water partition coefficient (Wildman–Crippen LogP) is 2.51. The number of nitrogens with one attached hydrogen (secondary N) is 1. The van der Waals surface area contributed by atoms with E-state index in [2.05, 4.69) is 11.9 Å². The Bertz CT molecular complexity index is 388. The molecule has 0 bridgehead atoms. The zero-order valence-electron chi connectivity index (χ0n) is 14.5. The number of carbonyl (C=O) groups is 3. The molecule has 0 radical (unpaired) electrons. The van der Waals surface area contributed by atoms with Gasteiger partial charge in [0.25, 0.3) is 0 Å². The van der Waals surface area contributed by atoms with Crippen molar-refractivity contribution in [2.45, 2.75) is 64.8 Å². The van der Waals surface area contributed by atoms with Gasteiger partial charge >= 0.3 is 11.9 Å². The van der Waals surface area contributed by atoms with Gasteiger partial charge in [-0.1, -0.05) is 18.9 Å². The van der Waals surface area contributed by atoms with Crippen molar-refractivity contribution in [3.05, 3.63) is 12.7 Å². The summed E-state index contributed by atoms with van der Waals surface area (Å²) in [5.74, 6) is -2.00. The van der Waals surface area contributed by atoms with Gasteiger partial charge in [0.2, 0.25) is 11.4 Å². The lowest BCUT2D eigenvalue weighted by molar-refractivity contribution is -0.168. The summed E-state index contributed by atoms with van der Waals surface area (Å²) in [5, 5.41) is 2.46. The van der Waals surface area contributed by atoms with Crippen molar-refractivity contribution in [1.82, 2.24) is 5.32 Å². The molecule has 0 unspecified atom stereocenters. The number of unbranched alkanes of at least 4 members (excludes halogenated alkanes) is 4. The summed E-state index contributed by atoms with van der Waals surface area (Å²) in [6.07, 6.45) is 6.38. The van der Waals surface area contributed by atoms with Crippen molar-refractivity contribution in [3.63, 3.8) is 0 Å². The van der Waals surface area contributed by atoms with Gasteiger partial charge in [-0.3, -0.25) is 4.79 Å². The molecule has 0 aromatic rings. The fourth-order valence-corrected chi connectivity index (χ4v) is 2.29. The molecule has 0 saturated carbocycles. The average molecular weight is 327 g/mol. The van der Waals surface area contributed by atoms with E-state index in [0.717, 1.165) is 25.7 Å². The summed E-state index contributed by atoms with van der Waals surface area (Å²) < 4.78 is 10.0. The number of ether oxygens (including phenoxy) is 2. The Morgan fingerprint density at radius 3 is 1.96 bits per heavy atom. The van der Waals surface area contributed by atoms with Crippen LogP contribution in [0.1, 0.15) is 59.3 Å². The molecule has 6 nitrogen and oxygen atoms in total. The van der Waals surface area contributed by atoms with E-state index in [0.29, 0.717) is 6.42 Å². The number of allylic oxidation sites excluding steroid dienone is 1. The second-order valence-electron chi connectivity index (χ2n) is 5.27. The molecule has 0 rings (SSSR count). The van der Waals surface area contributed by atoms with E-state index in [4.69, 9.17) is 9.47 Å². The molecular weight excluding hydrogens is 298 g/mol. The molecule has 0 aliphatic rings. The van der Waals surface area contributed by atoms with Crippen LogP contribution in [0.5, 0.6) is 0 Å². The molecule has 0 heterocycles. The topological polar surface area (TPSA) is 81.7 Å². The fraction of sp³-hybridized carbons (Fsp3) is 0.706. The highest BCUT2D eigenvalue weighted by molar-refractivity contribution is 6.07. The van der Waals surface area contributed by atoms with E-state index in [1.165, 1.54) is 6.92 Å². The number of rotatable bonds is 12. The van der Waals surface area contributed by atoms with E-state index in [1.54, 1.807) is 13.8 Å². The van der Waals surface area contributed by atoms with Crippen LogP contribution in [0.2, 0.25) is 0 Å². The summed E-state index contributed by atoms with van der Waals surface area (Å²) in [7, 11) is 0. The molecule has 0 spiro atoms. The molecule has 1 N–H and O–H groups in total. The molecule has 132 valence electrons. The molecule has 1 amide bonds. The molecule has 0 fully saturated rings. The molecule has 0 atom stereocenters. The van der Waals surface area contributed by atoms with Crippen molar-refractivity contribution in [2.24, 2.45) is 0 Å². The quantitative estimate of drug-likeness (QED) is 0.258. The summed E-state index contributed by atoms with van der Waals surface area (Å²) in [5.41, 5.74) is -1.75. The highest BCUT2D eigenvalue weighted by atomic mass is 16.6. The minimum absolute atomic E-state index is 0.124. The van der Waals surface area contributed by atoms with Crippen LogP contribution in [0.3, 0.4) is 0 Å². The van der Waals surface area contributed by atoms with Crippen LogP contribution in [0.25, 0.3) is 0 Å². The van der Waals surface area contributed by atoms with Crippen LogP contribution >= 0.6 is 0 Å². The van der Waals surface area contributed by atoms with Crippen molar-refractivity contribution < 1.29 is 23.9 Å². The van der Waals surface area contributed by atoms with E-state index in [1.807, 2.05) is 6.08 Å². The first-order chi connectivity index (χ1) is 10.9. The Kier molecular flexibility index (Phi) is 10.7. The van der Waals surface area contributed by atoms with Crippen LogP contribution in [0.15, 0.2) is 12.7 Å². The van der Waals surface area contributed by atoms with Gasteiger partial charge in [-0.15, -0.1) is 6.58 Å². The molecule has 0 aliphatic heterocycles. The van der Waals surface area contributed by atoms with Gasteiger partial charge in [0, 0.05) is 6.92 Å². The predicted molar refractivity (Wildman–Crippen MR) is 87.7 cm³/mol. The van der Waals surface area contributed by atoms with Gasteiger partial charge in [0.05, 0.1) is 13.2 Å². The molecule has 0 aliphatic carbocycles. The van der Waals surface area contributed by atoms with Gasteiger partial charge in [-0.05, 0) is 39.5 Å². The Balaban J connectivity index is 5.04. The Morgan fingerprint density at radius 1 is 1.00 bits per heavy atom. The minimum Gasteiger partial charge on any atom is -0.464 e. The normalized spacial score (nSPS) is 10.7. The first-order valence-electron chi connectivity index (χ1n) is 8.18. The van der Waals surface area contributed by atoms with Crippen molar-refractivity contribution in [2.75, 3.05) is 13.2 Å². The molecule has 23 heavy (non-hydrogen) atoms. The number of amides is 1. The number of carbonyl (C=O) groups excluding carboxylic acids is 3. The third-order valence-electron chi connectivity index (χ3n) is 3.35. The molecule has 6 heteroatoms. The van der Waals surface area contributed by atoms with Gasteiger partial charge in [0.15, 0.2) is 0 Å². The third kappa shape index (κ3) is 7.30. The highest BCUT2D eigenvalue weighted by Crippen LogP contribution is 2.21. The molecule has 0 saturated heterocycles. The third-order valence-corrected chi connectivity index (χ3v) is 3.35. The lowest BCUT2D eigenvalue weighted by Gasteiger charge is -2.29. The van der Waals surface area contributed by atoms with Gasteiger partial charge in [0.1, 0.15) is 0 Å². The van der Waals surface area contributed by atoms with Crippen molar-refractivity contribution in [1.29, 1.82) is 0 Å². The van der Waals surface area contributed by atoms with E-state index >= 15 is 0 Å². The monoisotopic (exact) mass is 327 g/mol. The zero-order chi connectivity index (χ0) is 17.7. The van der Waals surface area contributed by atoms with E-state index < -0.39 is 23.4 Å². The van der Waals surface area contributed by atoms with Gasteiger partial charge in [-0.25, -0.2) is 9.59 Å². The number of hydrogen-bond acceptors (Lipinski definition) is 5. The molecule has 0 aromatic carbocycles. The second-order valence-corrected chi connectivity index (χ2v) is 5.27. The first-order valence-corrected chi connectivity index (χ1v) is 8.18. The van der Waals surface area contributed by atoms with Gasteiger partial charge in [-0.2, -0.15) is 0 Å². The Hall–Kier alpha value is -1.85. The summed E-state index contributed by atoms with van der Waals surface area (Å²) in [6.45, 7) is 8.48. The van der Waals surface area contributed by atoms with Crippen LogP contribution in [-0.4, -0.2) is 36.6 Å². The van der Waals surface area contributed by atoms with Crippen molar-refractivity contribution >= 4 is 17.8 Å². The number of esters is 2. The van der Waals surface area contributed by atoms with Crippen molar-refractivity contribution in [3.8, 4) is 0 Å². The smallest absolute Gasteiger partial charge is 0.343 e. The van der Waals surface area contributed by atoms with E-state index in [9.17, 15) is 14.4 Å². The van der Waals surface area contributed by atoms with E-state index in [-0.39, 0.29) is 19.6 Å². The maximum atomic E-state index is 12.3. The zero-order valence-corrected chi connectivity index (χ0v) is 14.5. The lowest BCUT2D eigenvalue weighted by Crippen LogP contribution is -2.61. The molecular formula is C17H29NO5. The maximum Gasteiger partial charge on any atom is 0.343 e. The molecule has 0 aromatic heterocycles. The number of hydrogen-bond donors (Lipinski definition) is 1. The summed E-state index contributed by atoms with van der Waals surface area (Å²) in [6, 6.07) is 0. The van der Waals surface area contributed by atoms with Crippen LogP contribution < -0.4 is 5.32 Å². The van der Waals surface area contributed by atoms with Crippen LogP contribution in [0, 0.1) is 0 Å². The SMILES string of the molecule is C=CCCCCCCC(NC(C)=O)(C(=O)OCC)C(=O)OCC. The summed E-state index contributed by atoms with van der Waals surface area (Å²) >= 11 is 0. The Labute approximate surface area is 138 Å². The maximum absolute atomic E-state index is 12.3. The lowest BCUT2D eigenvalue weighted by atomic mass is 9.91. The summed E-state index contributed by atoms with van der Waals surface area (Å²) in [4.78, 5) is 36.2. The first kappa shape index (κ1) is 21.1. The van der Waals surface area contributed by atoms with Crippen LogP contribution in [0.4, 0.5) is 0 Å². The minimum atomic E-state index is -1.75. The Morgan fingerprint density at radius 2 is 1.52 bits per heavy atom.